The van der Waals surface area contributed by atoms with Gasteiger partial charge in [-0.05, 0) is 49.1 Å². The third-order valence-corrected chi connectivity index (χ3v) is 6.15. The summed E-state index contributed by atoms with van der Waals surface area (Å²) in [6.45, 7) is 3.86. The number of aliphatic carboxylic acids is 1. The maximum atomic E-state index is 12.7. The van der Waals surface area contributed by atoms with E-state index in [0.717, 1.165) is 21.0 Å². The number of carboxylic acids is 1. The van der Waals surface area contributed by atoms with Gasteiger partial charge in [0.15, 0.2) is 0 Å². The maximum Gasteiger partial charge on any atom is 0.322 e. The third-order valence-electron chi connectivity index (χ3n) is 4.27. The Bertz CT molecular complexity index is 831. The Morgan fingerprint density at radius 1 is 1.08 bits per heavy atom. The lowest BCUT2D eigenvalue weighted by Gasteiger charge is -2.25. The van der Waals surface area contributed by atoms with Gasteiger partial charge in [0.25, 0.3) is 0 Å². The summed E-state index contributed by atoms with van der Waals surface area (Å²) in [6.07, 6.45) is 0.116. The predicted octanol–water partition coefficient (Wildman–Crippen LogP) is 2.62. The van der Waals surface area contributed by atoms with E-state index in [1.54, 1.807) is 18.2 Å². The molecule has 0 saturated carbocycles. The molecule has 1 N–H and O–H groups in total. The van der Waals surface area contributed by atoms with Gasteiger partial charge in [-0.15, -0.1) is 0 Å². The van der Waals surface area contributed by atoms with Crippen LogP contribution in [-0.4, -0.2) is 36.9 Å². The molecule has 0 fully saturated rings. The van der Waals surface area contributed by atoms with Crippen molar-refractivity contribution >= 4 is 16.0 Å². The fraction of sp³-hybridized carbons (Fsp3) is 0.278. The van der Waals surface area contributed by atoms with Gasteiger partial charge in [-0.2, -0.15) is 4.31 Å². The van der Waals surface area contributed by atoms with Crippen LogP contribution in [0, 0.1) is 13.8 Å². The molecule has 0 aliphatic carbocycles. The monoisotopic (exact) mass is 347 g/mol. The molecule has 5 nitrogen and oxygen atoms in total. The first-order valence-corrected chi connectivity index (χ1v) is 9.00. The molecule has 2 aromatic carbocycles. The quantitative estimate of drug-likeness (QED) is 0.872. The van der Waals surface area contributed by atoms with Crippen molar-refractivity contribution in [1.82, 2.24) is 4.31 Å². The highest BCUT2D eigenvalue weighted by Gasteiger charge is 2.33. The van der Waals surface area contributed by atoms with E-state index in [0.29, 0.717) is 0 Å². The van der Waals surface area contributed by atoms with Crippen molar-refractivity contribution in [3.05, 3.63) is 65.2 Å². The first-order valence-electron chi connectivity index (χ1n) is 7.56. The van der Waals surface area contributed by atoms with Crippen LogP contribution >= 0.6 is 0 Å². The van der Waals surface area contributed by atoms with Crippen LogP contribution in [-0.2, 0) is 21.2 Å². The predicted molar refractivity (Wildman–Crippen MR) is 92.4 cm³/mol. The van der Waals surface area contributed by atoms with Crippen LogP contribution in [0.3, 0.4) is 0 Å². The normalized spacial score (nSPS) is 13.0. The van der Waals surface area contributed by atoms with Gasteiger partial charge >= 0.3 is 5.97 Å². The highest BCUT2D eigenvalue weighted by molar-refractivity contribution is 7.89. The Balaban J connectivity index is 2.37. The van der Waals surface area contributed by atoms with E-state index in [4.69, 9.17) is 0 Å². The Labute approximate surface area is 142 Å². The van der Waals surface area contributed by atoms with Crippen LogP contribution in [0.1, 0.15) is 16.7 Å². The lowest BCUT2D eigenvalue weighted by atomic mass is 9.98. The molecule has 128 valence electrons. The largest absolute Gasteiger partial charge is 0.480 e. The zero-order valence-electron chi connectivity index (χ0n) is 13.9. The molecule has 0 aliphatic rings. The second-order valence-corrected chi connectivity index (χ2v) is 7.75. The number of benzene rings is 2. The average molecular weight is 347 g/mol. The summed E-state index contributed by atoms with van der Waals surface area (Å²) in [5, 5.41) is 9.57. The van der Waals surface area contributed by atoms with E-state index in [1.165, 1.54) is 19.2 Å². The average Bonchev–Trinajstić information content (AvgIpc) is 2.56. The summed E-state index contributed by atoms with van der Waals surface area (Å²) in [5.74, 6) is -1.17. The minimum atomic E-state index is -3.87. The summed E-state index contributed by atoms with van der Waals surface area (Å²) in [6, 6.07) is 12.3. The summed E-state index contributed by atoms with van der Waals surface area (Å²) in [4.78, 5) is 11.8. The van der Waals surface area contributed by atoms with Crippen molar-refractivity contribution in [2.24, 2.45) is 0 Å². The van der Waals surface area contributed by atoms with Crippen molar-refractivity contribution < 1.29 is 18.3 Å². The molecule has 0 spiro atoms. The number of carboxylic acid groups (broad SMARTS) is 1. The van der Waals surface area contributed by atoms with E-state index in [9.17, 15) is 18.3 Å². The minimum absolute atomic E-state index is 0.0831. The molecule has 0 saturated heterocycles. The summed E-state index contributed by atoms with van der Waals surface area (Å²) in [5.41, 5.74) is 2.86. The smallest absolute Gasteiger partial charge is 0.322 e. The SMILES string of the molecule is Cc1cccc(CC(C(=O)O)N(C)S(=O)(=O)c2ccccc2)c1C. The lowest BCUT2D eigenvalue weighted by Crippen LogP contribution is -2.43. The lowest BCUT2D eigenvalue weighted by molar-refractivity contribution is -0.141. The number of aryl methyl sites for hydroxylation is 1. The molecule has 0 heterocycles. The Kier molecular flexibility index (Phi) is 5.41. The third kappa shape index (κ3) is 3.66. The fourth-order valence-electron chi connectivity index (χ4n) is 2.54. The first-order chi connectivity index (χ1) is 11.2. The van der Waals surface area contributed by atoms with Crippen LogP contribution in [0.15, 0.2) is 53.4 Å². The molecule has 0 aromatic heterocycles. The Hall–Kier alpha value is -2.18. The zero-order valence-corrected chi connectivity index (χ0v) is 14.7. The van der Waals surface area contributed by atoms with E-state index >= 15 is 0 Å². The highest BCUT2D eigenvalue weighted by Crippen LogP contribution is 2.21. The van der Waals surface area contributed by atoms with Gasteiger partial charge in [-0.25, -0.2) is 8.42 Å². The number of carbonyl (C=O) groups is 1. The van der Waals surface area contributed by atoms with E-state index in [1.807, 2.05) is 32.0 Å². The molecule has 1 unspecified atom stereocenters. The number of rotatable bonds is 6. The van der Waals surface area contributed by atoms with E-state index in [-0.39, 0.29) is 11.3 Å². The van der Waals surface area contributed by atoms with Gasteiger partial charge in [-0.1, -0.05) is 36.4 Å². The van der Waals surface area contributed by atoms with Crippen molar-refractivity contribution in [1.29, 1.82) is 0 Å². The number of sulfonamides is 1. The Morgan fingerprint density at radius 3 is 2.29 bits per heavy atom. The first kappa shape index (κ1) is 18.2. The molecular weight excluding hydrogens is 326 g/mol. The molecule has 2 aromatic rings. The second kappa shape index (κ2) is 7.15. The van der Waals surface area contributed by atoms with Crippen LogP contribution in [0.4, 0.5) is 0 Å². The van der Waals surface area contributed by atoms with Gasteiger partial charge in [0, 0.05) is 7.05 Å². The van der Waals surface area contributed by atoms with Crippen LogP contribution in [0.5, 0.6) is 0 Å². The van der Waals surface area contributed by atoms with Crippen LogP contribution in [0.2, 0.25) is 0 Å². The number of hydrogen-bond donors (Lipinski definition) is 1. The van der Waals surface area contributed by atoms with Crippen LogP contribution in [0.25, 0.3) is 0 Å². The zero-order chi connectivity index (χ0) is 17.9. The van der Waals surface area contributed by atoms with Crippen molar-refractivity contribution in [2.75, 3.05) is 7.05 Å². The molecule has 0 amide bonds. The maximum absolute atomic E-state index is 12.7. The second-order valence-electron chi connectivity index (χ2n) is 5.75. The number of hydrogen-bond acceptors (Lipinski definition) is 3. The molecule has 0 aliphatic heterocycles. The van der Waals surface area contributed by atoms with Gasteiger partial charge in [0.1, 0.15) is 6.04 Å². The summed E-state index contributed by atoms with van der Waals surface area (Å²) < 4.78 is 26.3. The molecule has 0 radical (unpaired) electrons. The highest BCUT2D eigenvalue weighted by atomic mass is 32.2. The summed E-state index contributed by atoms with van der Waals surface area (Å²) >= 11 is 0. The van der Waals surface area contributed by atoms with Gasteiger partial charge in [0.2, 0.25) is 10.0 Å². The molecule has 1 atom stereocenters. The number of likely N-dealkylation sites (N-methyl/N-ethyl adjacent to an activating group) is 1. The van der Waals surface area contributed by atoms with E-state index in [2.05, 4.69) is 0 Å². The Morgan fingerprint density at radius 2 is 1.71 bits per heavy atom. The standard InChI is InChI=1S/C18H21NO4S/c1-13-8-7-9-15(14(13)2)12-17(18(20)21)19(3)24(22,23)16-10-5-4-6-11-16/h4-11,17H,12H2,1-3H3,(H,20,21). The molecular formula is C18H21NO4S. The van der Waals surface area contributed by atoms with Crippen LogP contribution < -0.4 is 0 Å². The van der Waals surface area contributed by atoms with Gasteiger partial charge in [-0.3, -0.25) is 4.79 Å². The number of nitrogens with zero attached hydrogens (tertiary/aromatic N) is 1. The van der Waals surface area contributed by atoms with Crippen molar-refractivity contribution in [2.45, 2.75) is 31.2 Å². The fourth-order valence-corrected chi connectivity index (χ4v) is 3.87. The van der Waals surface area contributed by atoms with E-state index < -0.39 is 22.0 Å². The molecule has 6 heteroatoms. The van der Waals surface area contributed by atoms with Gasteiger partial charge in [0.05, 0.1) is 4.90 Å². The topological polar surface area (TPSA) is 74.7 Å². The summed E-state index contributed by atoms with van der Waals surface area (Å²) in [7, 11) is -2.56. The minimum Gasteiger partial charge on any atom is -0.480 e. The van der Waals surface area contributed by atoms with Crippen molar-refractivity contribution in [3.8, 4) is 0 Å². The van der Waals surface area contributed by atoms with Gasteiger partial charge < -0.3 is 5.11 Å². The molecule has 2 rings (SSSR count). The molecule has 24 heavy (non-hydrogen) atoms. The van der Waals surface area contributed by atoms with Crippen molar-refractivity contribution in [3.63, 3.8) is 0 Å². The molecule has 0 bridgehead atoms.